The van der Waals surface area contributed by atoms with Crippen molar-refractivity contribution in [2.75, 3.05) is 13.1 Å². The number of nitrogens with zero attached hydrogens (tertiary/aromatic N) is 2. The van der Waals surface area contributed by atoms with Crippen molar-refractivity contribution in [3.05, 3.63) is 66.1 Å². The summed E-state index contributed by atoms with van der Waals surface area (Å²) in [5.74, 6) is 1.42. The molecule has 1 aromatic heterocycles. The molecule has 8 heteroatoms. The number of amides is 2. The van der Waals surface area contributed by atoms with Gasteiger partial charge in [-0.25, -0.2) is 9.78 Å². The Morgan fingerprint density at radius 3 is 2.38 bits per heavy atom. The molecule has 178 valence electrons. The number of carbonyl (C=O) groups is 2. The second kappa shape index (κ2) is 9.59. The predicted molar refractivity (Wildman–Crippen MR) is 129 cm³/mol. The van der Waals surface area contributed by atoms with Gasteiger partial charge in [-0.3, -0.25) is 4.79 Å². The summed E-state index contributed by atoms with van der Waals surface area (Å²) in [5.41, 5.74) is 6.58. The van der Waals surface area contributed by atoms with Gasteiger partial charge in [0.05, 0.1) is 0 Å². The molecule has 0 saturated carbocycles. The molecule has 3 aromatic rings. The van der Waals surface area contributed by atoms with Crippen molar-refractivity contribution in [3.8, 4) is 22.8 Å². The van der Waals surface area contributed by atoms with Crippen molar-refractivity contribution in [1.29, 1.82) is 0 Å². The van der Waals surface area contributed by atoms with Crippen molar-refractivity contribution in [3.63, 3.8) is 0 Å². The molecular formula is C26H30N4O4. The molecule has 0 bridgehead atoms. The summed E-state index contributed by atoms with van der Waals surface area (Å²) in [6.07, 6.45) is 1.32. The number of H-pyrrole nitrogens is 1. The Hall–Kier alpha value is -3.81. The number of rotatable bonds is 5. The van der Waals surface area contributed by atoms with Crippen LogP contribution in [0.4, 0.5) is 4.79 Å². The van der Waals surface area contributed by atoms with Gasteiger partial charge in [-0.15, -0.1) is 0 Å². The number of aromatic nitrogens is 2. The highest BCUT2D eigenvalue weighted by Crippen LogP contribution is 2.31. The number of primary amides is 1. The van der Waals surface area contributed by atoms with Crippen LogP contribution in [0, 0.1) is 0 Å². The third kappa shape index (κ3) is 5.57. The van der Waals surface area contributed by atoms with E-state index in [4.69, 9.17) is 20.2 Å². The minimum Gasteiger partial charge on any atom is -0.457 e. The van der Waals surface area contributed by atoms with Gasteiger partial charge in [0.2, 0.25) is 0 Å². The zero-order valence-corrected chi connectivity index (χ0v) is 19.7. The Morgan fingerprint density at radius 1 is 1.06 bits per heavy atom. The van der Waals surface area contributed by atoms with Crippen LogP contribution < -0.4 is 10.5 Å². The number of carbonyl (C=O) groups excluding carboxylic acids is 2. The molecule has 2 aromatic carbocycles. The van der Waals surface area contributed by atoms with E-state index in [1.54, 1.807) is 4.90 Å². The van der Waals surface area contributed by atoms with Crippen molar-refractivity contribution in [2.24, 2.45) is 5.73 Å². The van der Waals surface area contributed by atoms with Crippen LogP contribution in [0.2, 0.25) is 0 Å². The van der Waals surface area contributed by atoms with E-state index in [1.807, 2.05) is 75.4 Å². The summed E-state index contributed by atoms with van der Waals surface area (Å²) >= 11 is 0. The fraction of sp³-hybridized carbons (Fsp3) is 0.346. The van der Waals surface area contributed by atoms with Gasteiger partial charge in [0.25, 0.3) is 5.91 Å². The molecule has 3 N–H and O–H groups in total. The third-order valence-electron chi connectivity index (χ3n) is 5.53. The van der Waals surface area contributed by atoms with E-state index in [1.165, 1.54) is 0 Å². The van der Waals surface area contributed by atoms with E-state index in [9.17, 15) is 9.59 Å². The molecule has 1 aliphatic rings. The molecule has 8 nitrogen and oxygen atoms in total. The van der Waals surface area contributed by atoms with E-state index < -0.39 is 11.5 Å². The molecule has 1 unspecified atom stereocenters. The maximum Gasteiger partial charge on any atom is 0.410 e. The van der Waals surface area contributed by atoms with Gasteiger partial charge < -0.3 is 25.1 Å². The highest BCUT2D eigenvalue weighted by molar-refractivity contribution is 5.97. The normalized spacial score (nSPS) is 16.2. The quantitative estimate of drug-likeness (QED) is 0.549. The number of nitrogens with two attached hydrogens (primary N) is 1. The number of nitrogens with one attached hydrogen (secondary N) is 1. The van der Waals surface area contributed by atoms with Gasteiger partial charge >= 0.3 is 6.09 Å². The summed E-state index contributed by atoms with van der Waals surface area (Å²) in [7, 11) is 0. The summed E-state index contributed by atoms with van der Waals surface area (Å²) in [6.45, 7) is 6.63. The molecule has 1 saturated heterocycles. The zero-order valence-electron chi connectivity index (χ0n) is 19.7. The van der Waals surface area contributed by atoms with E-state index in [-0.39, 0.29) is 17.7 Å². The van der Waals surface area contributed by atoms with Gasteiger partial charge in [-0.1, -0.05) is 18.2 Å². The van der Waals surface area contributed by atoms with E-state index in [2.05, 4.69) is 4.98 Å². The molecule has 34 heavy (non-hydrogen) atoms. The third-order valence-corrected chi connectivity index (χ3v) is 5.53. The smallest absolute Gasteiger partial charge is 0.410 e. The first-order valence-corrected chi connectivity index (χ1v) is 11.4. The number of imidazole rings is 1. The van der Waals surface area contributed by atoms with Crippen molar-refractivity contribution in [2.45, 2.75) is 45.1 Å². The molecule has 0 radical (unpaired) electrons. The van der Waals surface area contributed by atoms with Crippen molar-refractivity contribution in [1.82, 2.24) is 14.9 Å². The van der Waals surface area contributed by atoms with Gasteiger partial charge in [-0.2, -0.15) is 0 Å². The first kappa shape index (κ1) is 23.4. The van der Waals surface area contributed by atoms with E-state index in [0.29, 0.717) is 30.4 Å². The molecule has 2 amide bonds. The number of benzene rings is 2. The van der Waals surface area contributed by atoms with Gasteiger partial charge in [0.1, 0.15) is 34.3 Å². The fourth-order valence-corrected chi connectivity index (χ4v) is 3.97. The summed E-state index contributed by atoms with van der Waals surface area (Å²) in [6, 6.07) is 16.8. The number of ether oxygens (including phenoxy) is 2. The second-order valence-corrected chi connectivity index (χ2v) is 9.41. The summed E-state index contributed by atoms with van der Waals surface area (Å²) in [4.78, 5) is 34.3. The largest absolute Gasteiger partial charge is 0.457 e. The Bertz CT molecular complexity index is 1150. The first-order chi connectivity index (χ1) is 16.2. The molecule has 0 spiro atoms. The van der Waals surface area contributed by atoms with Gasteiger partial charge in [0.15, 0.2) is 0 Å². The monoisotopic (exact) mass is 462 g/mol. The molecule has 1 fully saturated rings. The van der Waals surface area contributed by atoms with Crippen molar-refractivity contribution >= 4 is 12.0 Å². The maximum absolute atomic E-state index is 12.5. The molecule has 4 rings (SSSR count). The Balaban J connectivity index is 1.54. The number of aromatic amines is 1. The van der Waals surface area contributed by atoms with Gasteiger partial charge in [0, 0.05) is 24.6 Å². The van der Waals surface area contributed by atoms with Crippen LogP contribution in [-0.2, 0) is 4.74 Å². The van der Waals surface area contributed by atoms with Crippen LogP contribution >= 0.6 is 0 Å². The second-order valence-electron chi connectivity index (χ2n) is 9.41. The Morgan fingerprint density at radius 2 is 1.74 bits per heavy atom. The maximum atomic E-state index is 12.5. The van der Waals surface area contributed by atoms with Crippen LogP contribution in [0.3, 0.4) is 0 Å². The van der Waals surface area contributed by atoms with Gasteiger partial charge in [-0.05, 0) is 70.0 Å². The average molecular weight is 463 g/mol. The predicted octanol–water partition coefficient (Wildman–Crippen LogP) is 5.08. The summed E-state index contributed by atoms with van der Waals surface area (Å²) in [5, 5.41) is 0. The minimum absolute atomic E-state index is 0.0474. The minimum atomic E-state index is -0.585. The molecule has 1 aliphatic heterocycles. The highest BCUT2D eigenvalue weighted by Gasteiger charge is 2.31. The lowest BCUT2D eigenvalue weighted by molar-refractivity contribution is 0.0196. The Kier molecular flexibility index (Phi) is 6.58. The SMILES string of the molecule is CC(C)(C)OC(=O)N1CCCC(c2nc(-c3ccc(Oc4ccccc4)cc3)c(C(N)=O)[nH]2)C1. The molecule has 0 aliphatic carbocycles. The van der Waals surface area contributed by atoms with E-state index >= 15 is 0 Å². The first-order valence-electron chi connectivity index (χ1n) is 11.4. The van der Waals surface area contributed by atoms with E-state index in [0.717, 1.165) is 24.2 Å². The number of hydrogen-bond donors (Lipinski definition) is 2. The topological polar surface area (TPSA) is 111 Å². The average Bonchev–Trinajstić information content (AvgIpc) is 3.25. The lowest BCUT2D eigenvalue weighted by atomic mass is 9.98. The number of para-hydroxylation sites is 1. The standard InChI is InChI=1S/C26H30N4O4/c1-26(2,3)34-25(32)30-15-7-8-18(16-30)24-28-21(22(29-24)23(27)31)17-11-13-20(14-12-17)33-19-9-5-4-6-10-19/h4-6,9-14,18H,7-8,15-16H2,1-3H3,(H2,27,31)(H,28,29). The zero-order chi connectivity index (χ0) is 24.3. The highest BCUT2D eigenvalue weighted by atomic mass is 16.6. The lowest BCUT2D eigenvalue weighted by Crippen LogP contribution is -2.42. The summed E-state index contributed by atoms with van der Waals surface area (Å²) < 4.78 is 11.4. The molecule has 2 heterocycles. The fourth-order valence-electron chi connectivity index (χ4n) is 3.97. The molecular weight excluding hydrogens is 432 g/mol. The number of piperidine rings is 1. The lowest BCUT2D eigenvalue weighted by Gasteiger charge is -2.33. The Labute approximate surface area is 199 Å². The van der Waals surface area contributed by atoms with Crippen LogP contribution in [0.1, 0.15) is 55.8 Å². The number of hydrogen-bond acceptors (Lipinski definition) is 5. The number of likely N-dealkylation sites (tertiary alicyclic amines) is 1. The van der Waals surface area contributed by atoms with Crippen LogP contribution in [0.25, 0.3) is 11.3 Å². The molecule has 1 atom stereocenters. The van der Waals surface area contributed by atoms with Crippen molar-refractivity contribution < 1.29 is 19.1 Å². The van der Waals surface area contributed by atoms with Crippen LogP contribution in [-0.4, -0.2) is 45.6 Å². The van der Waals surface area contributed by atoms with Crippen LogP contribution in [0.5, 0.6) is 11.5 Å². The van der Waals surface area contributed by atoms with Crippen LogP contribution in [0.15, 0.2) is 54.6 Å².